The van der Waals surface area contributed by atoms with Crippen LogP contribution in [0.15, 0.2) is 255 Å². The highest BCUT2D eigenvalue weighted by Gasteiger charge is 2.28. The molecule has 0 spiro atoms. The second kappa shape index (κ2) is 23.1. The summed E-state index contributed by atoms with van der Waals surface area (Å²) in [6, 6.07) is 70.3. The van der Waals surface area contributed by atoms with Gasteiger partial charge in [-0.15, -0.1) is 0 Å². The van der Waals surface area contributed by atoms with Gasteiger partial charge in [-0.25, -0.2) is 0 Å². The molecule has 0 fully saturated rings. The molecule has 0 unspecified atom stereocenters. The standard InChI is InChI=1S/C63H44N2.C7H10.C4H8.C2H6/c1-3-12-50-42(10-1)36-57-47(15-7-18-52(50)57)39-22-28-44(29-23-39)65(45-30-24-40(25-31-45)48-16-8-19-53-51-13-4-2-11-43(51)37-58(48)53)46-32-26-41(27-33-46)49-17-9-20-54-55-34-35-62-63(60(55)38-59(49)54)56-14-5-6-21-61(56)64-62;1-3-5-7-6-4-2;1-3-4-2;1-2/h1-24,26-30,32-35,64H,25,31,36-38H2;3-7H,1H2,2H3;3-4H,1-2H3;1-2H3/b;6-4-,7-5-;4-3-;. The van der Waals surface area contributed by atoms with E-state index in [1.165, 1.54) is 139 Å². The molecule has 10 aromatic rings. The Kier molecular flexibility index (Phi) is 15.1. The van der Waals surface area contributed by atoms with Gasteiger partial charge in [-0.05, 0) is 196 Å². The lowest BCUT2D eigenvalue weighted by Gasteiger charge is -2.30. The first-order valence-electron chi connectivity index (χ1n) is 28.0. The van der Waals surface area contributed by atoms with Crippen LogP contribution in [-0.4, -0.2) is 4.98 Å². The highest BCUT2D eigenvalue weighted by atomic mass is 15.1. The van der Waals surface area contributed by atoms with Gasteiger partial charge in [0, 0.05) is 38.9 Å². The number of H-pyrrole nitrogens is 1. The summed E-state index contributed by atoms with van der Waals surface area (Å²) in [5, 5.41) is 2.67. The van der Waals surface area contributed by atoms with Crippen LogP contribution in [0.2, 0.25) is 0 Å². The maximum Gasteiger partial charge on any atom is 0.0468 e. The van der Waals surface area contributed by atoms with E-state index in [9.17, 15) is 0 Å². The predicted octanol–water partition coefficient (Wildman–Crippen LogP) is 21.2. The third-order valence-electron chi connectivity index (χ3n) is 15.8. The van der Waals surface area contributed by atoms with Crippen molar-refractivity contribution in [2.24, 2.45) is 0 Å². The zero-order valence-electron chi connectivity index (χ0n) is 45.8. The van der Waals surface area contributed by atoms with Crippen LogP contribution < -0.4 is 4.90 Å². The fourth-order valence-corrected chi connectivity index (χ4v) is 12.2. The summed E-state index contributed by atoms with van der Waals surface area (Å²) in [5.74, 6) is 0. The number of hydrogen-bond acceptors (Lipinski definition) is 1. The zero-order chi connectivity index (χ0) is 53.5. The molecule has 1 aromatic heterocycles. The van der Waals surface area contributed by atoms with Crippen LogP contribution in [0, 0.1) is 0 Å². The molecule has 0 amide bonds. The van der Waals surface area contributed by atoms with Crippen molar-refractivity contribution < 1.29 is 0 Å². The van der Waals surface area contributed by atoms with Gasteiger partial charge in [-0.3, -0.25) is 0 Å². The minimum absolute atomic E-state index is 0.926. The van der Waals surface area contributed by atoms with Crippen molar-refractivity contribution in [1.29, 1.82) is 0 Å². The predicted molar refractivity (Wildman–Crippen MR) is 338 cm³/mol. The van der Waals surface area contributed by atoms with E-state index in [0.717, 1.165) is 32.1 Å². The van der Waals surface area contributed by atoms with Gasteiger partial charge in [0.15, 0.2) is 0 Å². The van der Waals surface area contributed by atoms with Crippen LogP contribution in [0.1, 0.15) is 86.4 Å². The van der Waals surface area contributed by atoms with E-state index in [-0.39, 0.29) is 0 Å². The SMILES string of the molecule is C/C=C\C.C1=C(c2cccc3c2Cc2ccccc2-3)CCC(N(c2ccc(-c3cccc4c3Cc3ccccc3-4)cc2)c2ccc(-c3cccc4c3Cc3c-4ccc4[nH]c5ccccc5c34)cc2)=C1.C=C/C=C\C=C/C.CC. The van der Waals surface area contributed by atoms with Crippen LogP contribution in [0.4, 0.5) is 11.4 Å². The molecule has 1 heterocycles. The largest absolute Gasteiger partial charge is 0.355 e. The number of nitrogens with zero attached hydrogens (tertiary/aromatic N) is 1. The fraction of sp³-hybridized carbons (Fsp3) is 0.132. The summed E-state index contributed by atoms with van der Waals surface area (Å²) in [5.41, 5.74) is 30.9. The van der Waals surface area contributed by atoms with Crippen molar-refractivity contribution in [2.75, 3.05) is 4.90 Å². The van der Waals surface area contributed by atoms with Crippen LogP contribution in [0.25, 0.3) is 83.0 Å². The Morgan fingerprint density at radius 2 is 0.897 bits per heavy atom. The van der Waals surface area contributed by atoms with Gasteiger partial charge in [0.25, 0.3) is 0 Å². The third-order valence-corrected chi connectivity index (χ3v) is 15.8. The molecule has 4 aliphatic carbocycles. The van der Waals surface area contributed by atoms with E-state index >= 15 is 0 Å². The van der Waals surface area contributed by atoms with E-state index in [1.54, 1.807) is 6.08 Å². The van der Waals surface area contributed by atoms with Crippen LogP contribution in [0.5, 0.6) is 0 Å². The average Bonchev–Trinajstić information content (AvgIpc) is 4.35. The Balaban J connectivity index is 0.000000450. The van der Waals surface area contributed by atoms with Crippen molar-refractivity contribution >= 4 is 38.8 Å². The number of aromatic nitrogens is 1. The van der Waals surface area contributed by atoms with E-state index in [2.05, 4.69) is 217 Å². The van der Waals surface area contributed by atoms with E-state index in [0.29, 0.717) is 0 Å². The Morgan fingerprint density at radius 3 is 1.46 bits per heavy atom. The van der Waals surface area contributed by atoms with Gasteiger partial charge in [-0.2, -0.15) is 0 Å². The summed E-state index contributed by atoms with van der Waals surface area (Å²) >= 11 is 0. The summed E-state index contributed by atoms with van der Waals surface area (Å²) in [6.07, 6.45) is 23.1. The van der Waals surface area contributed by atoms with Crippen LogP contribution >= 0.6 is 0 Å². The Hall–Kier alpha value is -8.98. The first kappa shape index (κ1) is 51.1. The van der Waals surface area contributed by atoms with Crippen LogP contribution in [0.3, 0.4) is 0 Å². The van der Waals surface area contributed by atoms with Crippen molar-refractivity contribution in [3.63, 3.8) is 0 Å². The number of aromatic amines is 1. The maximum absolute atomic E-state index is 3.67. The molecule has 0 radical (unpaired) electrons. The molecule has 2 nitrogen and oxygen atoms in total. The monoisotopic (exact) mass is 1010 g/mol. The van der Waals surface area contributed by atoms with Crippen molar-refractivity contribution in [3.05, 3.63) is 294 Å². The van der Waals surface area contributed by atoms with Crippen molar-refractivity contribution in [2.45, 2.75) is 66.7 Å². The number of hydrogen-bond donors (Lipinski definition) is 1. The number of benzene rings is 9. The molecule has 2 heteroatoms. The molecule has 78 heavy (non-hydrogen) atoms. The zero-order valence-corrected chi connectivity index (χ0v) is 45.8. The first-order chi connectivity index (χ1) is 38.5. The minimum Gasteiger partial charge on any atom is -0.355 e. The van der Waals surface area contributed by atoms with Gasteiger partial charge in [0.05, 0.1) is 0 Å². The maximum atomic E-state index is 3.67. The van der Waals surface area contributed by atoms with Crippen molar-refractivity contribution in [1.82, 2.24) is 4.98 Å². The van der Waals surface area contributed by atoms with E-state index in [4.69, 9.17) is 0 Å². The summed E-state index contributed by atoms with van der Waals surface area (Å²) in [6.45, 7) is 13.5. The molecule has 382 valence electrons. The Labute approximate surface area is 462 Å². The van der Waals surface area contributed by atoms with Crippen LogP contribution in [-0.2, 0) is 19.3 Å². The minimum atomic E-state index is 0.926. The average molecular weight is 1010 g/mol. The number of allylic oxidation sites excluding steroid dienone is 11. The van der Waals surface area contributed by atoms with Gasteiger partial charge >= 0.3 is 0 Å². The van der Waals surface area contributed by atoms with Gasteiger partial charge < -0.3 is 9.88 Å². The number of para-hydroxylation sites is 1. The molecule has 0 bridgehead atoms. The molecule has 14 rings (SSSR count). The van der Waals surface area contributed by atoms with Crippen molar-refractivity contribution in [3.8, 4) is 55.6 Å². The molecule has 4 aliphatic rings. The van der Waals surface area contributed by atoms with E-state index in [1.807, 2.05) is 71.1 Å². The number of rotatable bonds is 8. The topological polar surface area (TPSA) is 19.0 Å². The quantitative estimate of drug-likeness (QED) is 0.119. The molecule has 0 saturated carbocycles. The fourth-order valence-electron chi connectivity index (χ4n) is 12.2. The molecule has 0 aliphatic heterocycles. The normalized spacial score (nSPS) is 13.2. The smallest absolute Gasteiger partial charge is 0.0468 e. The molecular formula is C76H68N2. The van der Waals surface area contributed by atoms with Gasteiger partial charge in [0.2, 0.25) is 0 Å². The number of fused-ring (bicyclic) bond motifs is 13. The highest BCUT2D eigenvalue weighted by Crippen LogP contribution is 2.48. The van der Waals surface area contributed by atoms with E-state index < -0.39 is 0 Å². The third kappa shape index (κ3) is 9.65. The molecule has 9 aromatic carbocycles. The molecule has 1 N–H and O–H groups in total. The highest BCUT2D eigenvalue weighted by molar-refractivity contribution is 6.12. The summed E-state index contributed by atoms with van der Waals surface area (Å²) in [7, 11) is 0. The number of anilines is 2. The second-order valence-corrected chi connectivity index (χ2v) is 20.1. The molecule has 0 atom stereocenters. The lowest BCUT2D eigenvalue weighted by molar-refractivity contribution is 0.928. The first-order valence-corrected chi connectivity index (χ1v) is 28.0. The lowest BCUT2D eigenvalue weighted by Crippen LogP contribution is -2.18. The Morgan fingerprint density at radius 1 is 0.397 bits per heavy atom. The second-order valence-electron chi connectivity index (χ2n) is 20.1. The number of nitrogens with one attached hydrogen (secondary N) is 1. The van der Waals surface area contributed by atoms with Gasteiger partial charge in [0.1, 0.15) is 0 Å². The summed E-state index contributed by atoms with van der Waals surface area (Å²) < 4.78 is 0. The molecule has 0 saturated heterocycles. The summed E-state index contributed by atoms with van der Waals surface area (Å²) in [4.78, 5) is 6.17. The molecular weight excluding hydrogens is 941 g/mol. The lowest BCUT2D eigenvalue weighted by atomic mass is 9.89. The van der Waals surface area contributed by atoms with Gasteiger partial charge in [-0.1, -0.05) is 221 Å². The Bertz CT molecular complexity index is 3990.